The van der Waals surface area contributed by atoms with E-state index in [1.807, 2.05) is 58.2 Å². The van der Waals surface area contributed by atoms with E-state index in [1.165, 1.54) is 0 Å². The second kappa shape index (κ2) is 5.29. The molecule has 0 bridgehead atoms. The fraction of sp³-hybridized carbons (Fsp3) is 0.333. The third kappa shape index (κ3) is 2.65. The van der Waals surface area contributed by atoms with E-state index in [0.29, 0.717) is 0 Å². The van der Waals surface area contributed by atoms with E-state index in [4.69, 9.17) is 0 Å². The summed E-state index contributed by atoms with van der Waals surface area (Å²) >= 11 is 0. The predicted molar refractivity (Wildman–Crippen MR) is 62.5 cm³/mol. The van der Waals surface area contributed by atoms with Gasteiger partial charge in [-0.25, -0.2) is 9.67 Å². The van der Waals surface area contributed by atoms with Gasteiger partial charge in [-0.1, -0.05) is 44.2 Å². The highest BCUT2D eigenvalue weighted by Gasteiger charge is 2.04. The maximum Gasteiger partial charge on any atom is 0.158 e. The summed E-state index contributed by atoms with van der Waals surface area (Å²) in [6.45, 7) is 5.90. The molecule has 80 valence electrons. The van der Waals surface area contributed by atoms with Gasteiger partial charge in [-0.15, -0.1) is 0 Å². The highest BCUT2D eigenvalue weighted by Crippen LogP contribution is 2.14. The van der Waals surface area contributed by atoms with E-state index in [0.717, 1.165) is 17.2 Å². The number of aromatic nitrogens is 3. The second-order valence-corrected chi connectivity index (χ2v) is 2.97. The highest BCUT2D eigenvalue weighted by molar-refractivity contribution is 5.54. The van der Waals surface area contributed by atoms with Gasteiger partial charge in [0.15, 0.2) is 5.82 Å². The van der Waals surface area contributed by atoms with Crippen molar-refractivity contribution in [2.75, 3.05) is 0 Å². The molecule has 1 aromatic carbocycles. The quantitative estimate of drug-likeness (QED) is 0.713. The molecule has 0 unspecified atom stereocenters. The predicted octanol–water partition coefficient (Wildman–Crippen LogP) is 2.82. The largest absolute Gasteiger partial charge is 0.249 e. The zero-order valence-corrected chi connectivity index (χ0v) is 9.73. The second-order valence-electron chi connectivity index (χ2n) is 2.97. The standard InChI is InChI=1S/C10H11N3.C2H6/c1-8-11-10(13(2)12-8)9-6-4-3-5-7-9;1-2/h3-7H,1-2H3;1-2H3. The number of nitrogens with zero attached hydrogens (tertiary/aromatic N) is 3. The summed E-state index contributed by atoms with van der Waals surface area (Å²) in [5.74, 6) is 1.72. The van der Waals surface area contributed by atoms with Crippen LogP contribution >= 0.6 is 0 Å². The number of rotatable bonds is 1. The SMILES string of the molecule is CC.Cc1nc(-c2ccccc2)n(C)n1. The van der Waals surface area contributed by atoms with Crippen LogP contribution < -0.4 is 0 Å². The highest BCUT2D eigenvalue weighted by atomic mass is 15.3. The Labute approximate surface area is 90.8 Å². The molecule has 0 atom stereocenters. The Morgan fingerprint density at radius 1 is 1.07 bits per heavy atom. The Kier molecular flexibility index (Phi) is 4.03. The van der Waals surface area contributed by atoms with Crippen molar-refractivity contribution in [2.45, 2.75) is 20.8 Å². The Balaban J connectivity index is 0.000000531. The van der Waals surface area contributed by atoms with Crippen molar-refractivity contribution in [1.29, 1.82) is 0 Å². The van der Waals surface area contributed by atoms with Gasteiger partial charge in [-0.05, 0) is 6.92 Å². The zero-order chi connectivity index (χ0) is 11.3. The van der Waals surface area contributed by atoms with Crippen LogP contribution in [0.25, 0.3) is 11.4 Å². The molecule has 0 aliphatic rings. The minimum absolute atomic E-state index is 0.807. The summed E-state index contributed by atoms with van der Waals surface area (Å²) in [7, 11) is 1.91. The van der Waals surface area contributed by atoms with E-state index in [2.05, 4.69) is 10.1 Å². The first-order valence-corrected chi connectivity index (χ1v) is 5.20. The monoisotopic (exact) mass is 203 g/mol. The molecule has 0 radical (unpaired) electrons. The molecule has 0 saturated heterocycles. The van der Waals surface area contributed by atoms with Crippen molar-refractivity contribution in [2.24, 2.45) is 7.05 Å². The molecule has 3 heteroatoms. The third-order valence-electron chi connectivity index (χ3n) is 1.90. The molecule has 1 aromatic heterocycles. The molecule has 0 fully saturated rings. The average Bonchev–Trinajstić information content (AvgIpc) is 2.62. The molecule has 3 nitrogen and oxygen atoms in total. The Morgan fingerprint density at radius 3 is 2.13 bits per heavy atom. The summed E-state index contributed by atoms with van der Waals surface area (Å²) in [6.07, 6.45) is 0. The minimum Gasteiger partial charge on any atom is -0.249 e. The maximum atomic E-state index is 4.33. The summed E-state index contributed by atoms with van der Waals surface area (Å²) in [4.78, 5) is 4.33. The number of hydrogen-bond donors (Lipinski definition) is 0. The molecule has 0 aliphatic carbocycles. The van der Waals surface area contributed by atoms with Gasteiger partial charge in [0.1, 0.15) is 5.82 Å². The van der Waals surface area contributed by atoms with E-state index in [1.54, 1.807) is 4.68 Å². The molecule has 0 saturated carbocycles. The van der Waals surface area contributed by atoms with E-state index in [-0.39, 0.29) is 0 Å². The lowest BCUT2D eigenvalue weighted by Gasteiger charge is -1.97. The van der Waals surface area contributed by atoms with Crippen LogP contribution in [0, 0.1) is 6.92 Å². The molecule has 0 amide bonds. The number of aryl methyl sites for hydroxylation is 2. The van der Waals surface area contributed by atoms with Gasteiger partial charge in [0.2, 0.25) is 0 Å². The smallest absolute Gasteiger partial charge is 0.158 e. The van der Waals surface area contributed by atoms with Crippen LogP contribution in [0.3, 0.4) is 0 Å². The first-order valence-electron chi connectivity index (χ1n) is 5.20. The lowest BCUT2D eigenvalue weighted by molar-refractivity contribution is 0.764. The molecule has 0 aliphatic heterocycles. The lowest BCUT2D eigenvalue weighted by Crippen LogP contribution is -1.93. The average molecular weight is 203 g/mol. The molecule has 1 heterocycles. The normalized spacial score (nSPS) is 9.33. The molecule has 0 N–H and O–H groups in total. The first-order chi connectivity index (χ1) is 7.27. The number of benzene rings is 1. The van der Waals surface area contributed by atoms with Gasteiger partial charge in [0, 0.05) is 12.6 Å². The van der Waals surface area contributed by atoms with Gasteiger partial charge < -0.3 is 0 Å². The van der Waals surface area contributed by atoms with Gasteiger partial charge in [-0.2, -0.15) is 5.10 Å². The Hall–Kier alpha value is -1.64. The minimum atomic E-state index is 0.807. The molecule has 0 spiro atoms. The van der Waals surface area contributed by atoms with Crippen LogP contribution in [0.5, 0.6) is 0 Å². The van der Waals surface area contributed by atoms with Crippen LogP contribution in [-0.4, -0.2) is 14.8 Å². The van der Waals surface area contributed by atoms with Gasteiger partial charge in [-0.3, -0.25) is 0 Å². The van der Waals surface area contributed by atoms with Crippen LogP contribution in [-0.2, 0) is 7.05 Å². The van der Waals surface area contributed by atoms with E-state index in [9.17, 15) is 0 Å². The Morgan fingerprint density at radius 2 is 1.67 bits per heavy atom. The molecular weight excluding hydrogens is 186 g/mol. The summed E-state index contributed by atoms with van der Waals surface area (Å²) in [6, 6.07) is 10.1. The van der Waals surface area contributed by atoms with Gasteiger partial charge >= 0.3 is 0 Å². The first kappa shape index (κ1) is 11.4. The van der Waals surface area contributed by atoms with Crippen molar-refractivity contribution in [3.8, 4) is 11.4 Å². The van der Waals surface area contributed by atoms with Gasteiger partial charge in [0.25, 0.3) is 0 Å². The van der Waals surface area contributed by atoms with Gasteiger partial charge in [0.05, 0.1) is 0 Å². The summed E-state index contributed by atoms with van der Waals surface area (Å²) in [5.41, 5.74) is 1.10. The molecular formula is C12H17N3. The summed E-state index contributed by atoms with van der Waals surface area (Å²) < 4.78 is 1.80. The topological polar surface area (TPSA) is 30.7 Å². The fourth-order valence-electron chi connectivity index (χ4n) is 1.35. The van der Waals surface area contributed by atoms with Crippen molar-refractivity contribution < 1.29 is 0 Å². The molecule has 15 heavy (non-hydrogen) atoms. The third-order valence-corrected chi connectivity index (χ3v) is 1.90. The fourth-order valence-corrected chi connectivity index (χ4v) is 1.35. The van der Waals surface area contributed by atoms with Crippen molar-refractivity contribution in [3.05, 3.63) is 36.2 Å². The van der Waals surface area contributed by atoms with Crippen molar-refractivity contribution in [1.82, 2.24) is 14.8 Å². The maximum absolute atomic E-state index is 4.33. The van der Waals surface area contributed by atoms with Crippen molar-refractivity contribution >= 4 is 0 Å². The van der Waals surface area contributed by atoms with E-state index >= 15 is 0 Å². The lowest BCUT2D eigenvalue weighted by atomic mass is 10.2. The van der Waals surface area contributed by atoms with Crippen molar-refractivity contribution in [3.63, 3.8) is 0 Å². The molecule has 2 rings (SSSR count). The molecule has 2 aromatic rings. The number of hydrogen-bond acceptors (Lipinski definition) is 2. The van der Waals surface area contributed by atoms with Crippen LogP contribution in [0.4, 0.5) is 0 Å². The van der Waals surface area contributed by atoms with Crippen LogP contribution in [0.2, 0.25) is 0 Å². The van der Waals surface area contributed by atoms with Crippen LogP contribution in [0.15, 0.2) is 30.3 Å². The zero-order valence-electron chi connectivity index (χ0n) is 9.73. The van der Waals surface area contributed by atoms with E-state index < -0.39 is 0 Å². The Bertz CT molecular complexity index is 404. The summed E-state index contributed by atoms with van der Waals surface area (Å²) in [5, 5.41) is 4.19. The van der Waals surface area contributed by atoms with Crippen LogP contribution in [0.1, 0.15) is 19.7 Å².